The number of hydrogen-bond donors (Lipinski definition) is 3. The van der Waals surface area contributed by atoms with E-state index in [1.807, 2.05) is 0 Å². The van der Waals surface area contributed by atoms with Gasteiger partial charge in [0.25, 0.3) is 0 Å². The Hall–Kier alpha value is -0.880. The summed E-state index contributed by atoms with van der Waals surface area (Å²) < 4.78 is 0.624. The largest absolute Gasteiger partial charge is 0.395 e. The number of nitrogen functional groups attached to an aromatic ring is 1. The van der Waals surface area contributed by atoms with Crippen LogP contribution in [0, 0.1) is 0 Å². The number of nitrogens with one attached hydrogen (secondary N) is 1. The number of halogens is 1. The molecule has 1 aromatic rings. The topological polar surface area (TPSA) is 84.1 Å². The smallest absolute Gasteiger partial charge is 0.146 e. The number of aliphatic hydroxyl groups is 1. The van der Waals surface area contributed by atoms with E-state index >= 15 is 0 Å². The van der Waals surface area contributed by atoms with Gasteiger partial charge in [-0.2, -0.15) is 0 Å². The Kier molecular flexibility index (Phi) is 3.24. The van der Waals surface area contributed by atoms with E-state index in [0.717, 1.165) is 0 Å². The number of nitrogens with zero attached hydrogens (tertiary/aromatic N) is 2. The SMILES string of the molecule is Nc1ncnc(NCCO)c1Br. The van der Waals surface area contributed by atoms with Crippen LogP contribution in [0.15, 0.2) is 10.8 Å². The van der Waals surface area contributed by atoms with Crippen LogP contribution in [-0.4, -0.2) is 28.2 Å². The molecule has 4 N–H and O–H groups in total. The van der Waals surface area contributed by atoms with E-state index in [-0.39, 0.29) is 6.61 Å². The molecule has 0 saturated carbocycles. The lowest BCUT2D eigenvalue weighted by molar-refractivity contribution is 0.311. The van der Waals surface area contributed by atoms with Gasteiger partial charge in [-0.05, 0) is 15.9 Å². The van der Waals surface area contributed by atoms with Crippen LogP contribution >= 0.6 is 15.9 Å². The van der Waals surface area contributed by atoms with Crippen molar-refractivity contribution in [2.45, 2.75) is 0 Å². The van der Waals surface area contributed by atoms with E-state index in [2.05, 4.69) is 31.2 Å². The van der Waals surface area contributed by atoms with Gasteiger partial charge in [-0.3, -0.25) is 0 Å². The first-order chi connectivity index (χ1) is 5.75. The number of aliphatic hydroxyl groups excluding tert-OH is 1. The third kappa shape index (κ3) is 2.05. The number of hydrogen-bond acceptors (Lipinski definition) is 5. The monoisotopic (exact) mass is 232 g/mol. The minimum Gasteiger partial charge on any atom is -0.395 e. The summed E-state index contributed by atoms with van der Waals surface area (Å²) in [5, 5.41) is 11.4. The molecule has 12 heavy (non-hydrogen) atoms. The Labute approximate surface area is 78.2 Å². The molecule has 0 saturated heterocycles. The lowest BCUT2D eigenvalue weighted by Crippen LogP contribution is -2.08. The second kappa shape index (κ2) is 4.22. The molecular weight excluding hydrogens is 224 g/mol. The molecule has 0 unspecified atom stereocenters. The van der Waals surface area contributed by atoms with Crippen molar-refractivity contribution in [3.05, 3.63) is 10.8 Å². The molecule has 0 bridgehead atoms. The average molecular weight is 233 g/mol. The van der Waals surface area contributed by atoms with Crippen LogP contribution in [0.5, 0.6) is 0 Å². The summed E-state index contributed by atoms with van der Waals surface area (Å²) in [5.41, 5.74) is 5.49. The Morgan fingerprint density at radius 1 is 1.58 bits per heavy atom. The lowest BCUT2D eigenvalue weighted by atomic mass is 10.5. The lowest BCUT2D eigenvalue weighted by Gasteiger charge is -2.05. The predicted octanol–water partition coefficient (Wildman–Crippen LogP) is 0.226. The van der Waals surface area contributed by atoms with Crippen molar-refractivity contribution in [3.63, 3.8) is 0 Å². The maximum Gasteiger partial charge on any atom is 0.146 e. The fraction of sp³-hybridized carbons (Fsp3) is 0.333. The number of rotatable bonds is 3. The molecule has 0 aromatic carbocycles. The summed E-state index contributed by atoms with van der Waals surface area (Å²) in [4.78, 5) is 7.68. The van der Waals surface area contributed by atoms with Crippen molar-refractivity contribution in [1.29, 1.82) is 0 Å². The van der Waals surface area contributed by atoms with Gasteiger partial charge in [0.15, 0.2) is 0 Å². The maximum absolute atomic E-state index is 8.54. The molecule has 0 amide bonds. The molecule has 0 aliphatic heterocycles. The first-order valence-electron chi connectivity index (χ1n) is 3.36. The molecule has 0 radical (unpaired) electrons. The van der Waals surface area contributed by atoms with E-state index in [9.17, 15) is 0 Å². The quantitative estimate of drug-likeness (QED) is 0.695. The molecule has 1 aromatic heterocycles. The summed E-state index contributed by atoms with van der Waals surface area (Å²) in [6.07, 6.45) is 1.36. The van der Waals surface area contributed by atoms with E-state index in [4.69, 9.17) is 10.8 Å². The van der Waals surface area contributed by atoms with Gasteiger partial charge in [-0.1, -0.05) is 0 Å². The summed E-state index contributed by atoms with van der Waals surface area (Å²) in [7, 11) is 0. The van der Waals surface area contributed by atoms with Crippen LogP contribution < -0.4 is 11.1 Å². The van der Waals surface area contributed by atoms with Gasteiger partial charge in [0, 0.05) is 6.54 Å². The molecule has 0 atom stereocenters. The highest BCUT2D eigenvalue weighted by molar-refractivity contribution is 9.10. The molecule has 0 aliphatic carbocycles. The summed E-state index contributed by atoms with van der Waals surface area (Å²) >= 11 is 3.22. The van der Waals surface area contributed by atoms with Crippen LogP contribution in [0.3, 0.4) is 0 Å². The van der Waals surface area contributed by atoms with Crippen LogP contribution in [-0.2, 0) is 0 Å². The van der Waals surface area contributed by atoms with Crippen LogP contribution in [0.4, 0.5) is 11.6 Å². The predicted molar refractivity (Wildman–Crippen MR) is 49.7 cm³/mol. The zero-order chi connectivity index (χ0) is 8.97. The van der Waals surface area contributed by atoms with Gasteiger partial charge >= 0.3 is 0 Å². The van der Waals surface area contributed by atoms with Crippen molar-refractivity contribution < 1.29 is 5.11 Å². The molecule has 0 spiro atoms. The van der Waals surface area contributed by atoms with E-state index in [1.165, 1.54) is 6.33 Å². The molecule has 6 heteroatoms. The summed E-state index contributed by atoms with van der Waals surface area (Å²) in [6.45, 7) is 0.491. The Bertz CT molecular complexity index is 268. The molecule has 5 nitrogen and oxygen atoms in total. The Morgan fingerprint density at radius 3 is 3.00 bits per heavy atom. The zero-order valence-corrected chi connectivity index (χ0v) is 7.87. The number of anilines is 2. The average Bonchev–Trinajstić information content (AvgIpc) is 2.08. The van der Waals surface area contributed by atoms with Gasteiger partial charge in [0.1, 0.15) is 22.4 Å². The van der Waals surface area contributed by atoms with Crippen LogP contribution in [0.25, 0.3) is 0 Å². The minimum atomic E-state index is 0.0519. The van der Waals surface area contributed by atoms with Crippen molar-refractivity contribution in [2.75, 3.05) is 24.2 Å². The van der Waals surface area contributed by atoms with E-state index in [0.29, 0.717) is 22.7 Å². The van der Waals surface area contributed by atoms with Gasteiger partial charge < -0.3 is 16.2 Å². The second-order valence-corrected chi connectivity index (χ2v) is 2.86. The van der Waals surface area contributed by atoms with Crippen molar-refractivity contribution in [3.8, 4) is 0 Å². The minimum absolute atomic E-state index is 0.0519. The highest BCUT2D eigenvalue weighted by atomic mass is 79.9. The van der Waals surface area contributed by atoms with Crippen LogP contribution in [0.2, 0.25) is 0 Å². The number of aromatic nitrogens is 2. The molecule has 1 rings (SSSR count). The number of nitrogens with two attached hydrogens (primary N) is 1. The Morgan fingerprint density at radius 2 is 2.33 bits per heavy atom. The summed E-state index contributed by atoms with van der Waals surface area (Å²) in [5.74, 6) is 0.974. The fourth-order valence-corrected chi connectivity index (χ4v) is 1.03. The fourth-order valence-electron chi connectivity index (χ4n) is 0.681. The first kappa shape index (κ1) is 9.21. The third-order valence-electron chi connectivity index (χ3n) is 1.22. The first-order valence-corrected chi connectivity index (χ1v) is 4.15. The molecule has 0 aliphatic rings. The third-order valence-corrected chi connectivity index (χ3v) is 2.00. The molecule has 66 valence electrons. The Balaban J connectivity index is 2.78. The van der Waals surface area contributed by atoms with Crippen LogP contribution in [0.1, 0.15) is 0 Å². The summed E-state index contributed by atoms with van der Waals surface area (Å²) in [6, 6.07) is 0. The molecule has 0 fully saturated rings. The second-order valence-electron chi connectivity index (χ2n) is 2.07. The van der Waals surface area contributed by atoms with Gasteiger partial charge in [0.2, 0.25) is 0 Å². The van der Waals surface area contributed by atoms with Crippen molar-refractivity contribution in [2.24, 2.45) is 0 Å². The highest BCUT2D eigenvalue weighted by Gasteiger charge is 2.03. The van der Waals surface area contributed by atoms with Gasteiger partial charge in [0.05, 0.1) is 6.61 Å². The molecular formula is C6H9BrN4O. The molecule has 1 heterocycles. The van der Waals surface area contributed by atoms with E-state index < -0.39 is 0 Å². The van der Waals surface area contributed by atoms with Gasteiger partial charge in [-0.25, -0.2) is 9.97 Å². The zero-order valence-electron chi connectivity index (χ0n) is 6.29. The standard InChI is InChI=1S/C6H9BrN4O/c7-4-5(8)10-3-11-6(4)9-1-2-12/h3,12H,1-2H2,(H3,8,9,10,11). The normalized spacial score (nSPS) is 9.83. The van der Waals surface area contributed by atoms with Crippen molar-refractivity contribution in [1.82, 2.24) is 9.97 Å². The van der Waals surface area contributed by atoms with Gasteiger partial charge in [-0.15, -0.1) is 0 Å². The highest BCUT2D eigenvalue weighted by Crippen LogP contribution is 2.23. The van der Waals surface area contributed by atoms with Crippen molar-refractivity contribution >= 4 is 27.6 Å². The maximum atomic E-state index is 8.54. The van der Waals surface area contributed by atoms with E-state index in [1.54, 1.807) is 0 Å².